The molecule has 1 aliphatic carbocycles. The number of hydrogen-bond donors (Lipinski definition) is 2. The van der Waals surface area contributed by atoms with Crippen molar-refractivity contribution in [3.05, 3.63) is 36.0 Å². The fourth-order valence-corrected chi connectivity index (χ4v) is 3.64. The average molecular weight is 416 g/mol. The number of carbonyl (C=O) groups is 3. The minimum Gasteiger partial charge on any atom is -0.480 e. The van der Waals surface area contributed by atoms with E-state index in [-0.39, 0.29) is 12.5 Å². The first-order chi connectivity index (χ1) is 14.1. The summed E-state index contributed by atoms with van der Waals surface area (Å²) >= 11 is 0. The summed E-state index contributed by atoms with van der Waals surface area (Å²) < 4.78 is 12.2. The highest BCUT2D eigenvalue weighted by molar-refractivity contribution is 5.92. The summed E-state index contributed by atoms with van der Waals surface area (Å²) in [5.74, 6) is -1.19. The van der Waals surface area contributed by atoms with Gasteiger partial charge in [-0.3, -0.25) is 4.57 Å². The van der Waals surface area contributed by atoms with Gasteiger partial charge in [0.15, 0.2) is 0 Å². The molecule has 1 amide bonds. The summed E-state index contributed by atoms with van der Waals surface area (Å²) in [6.45, 7) is 5.10. The first-order valence-electron chi connectivity index (χ1n) is 10.2. The maximum atomic E-state index is 12.7. The van der Waals surface area contributed by atoms with E-state index in [4.69, 9.17) is 9.47 Å². The van der Waals surface area contributed by atoms with Gasteiger partial charge in [-0.15, -0.1) is 0 Å². The monoisotopic (exact) mass is 416 g/mol. The standard InChI is InChI=1S/C22H28N2O6/c1-22(2,3)30-20(27)23-17(19(25)26)12-14-13-24(18-11-7-6-10-16(14)18)21(28)29-15-8-4-5-9-15/h6-7,10-11,13,15,17H,4-5,8-9,12H2,1-3H3,(H,23,27)(H,25,26)/t17-/m0/s1. The lowest BCUT2D eigenvalue weighted by Crippen LogP contribution is -2.44. The van der Waals surface area contributed by atoms with E-state index in [1.54, 1.807) is 39.1 Å². The quantitative estimate of drug-likeness (QED) is 0.760. The molecule has 8 nitrogen and oxygen atoms in total. The number of nitrogens with one attached hydrogen (secondary N) is 1. The van der Waals surface area contributed by atoms with Gasteiger partial charge in [-0.25, -0.2) is 14.4 Å². The fourth-order valence-electron chi connectivity index (χ4n) is 3.64. The smallest absolute Gasteiger partial charge is 0.418 e. The van der Waals surface area contributed by atoms with E-state index in [1.807, 2.05) is 12.1 Å². The predicted molar refractivity (Wildman–Crippen MR) is 111 cm³/mol. The first-order valence-corrected chi connectivity index (χ1v) is 10.2. The van der Waals surface area contributed by atoms with Crippen LogP contribution in [-0.4, -0.2) is 45.6 Å². The van der Waals surface area contributed by atoms with Gasteiger partial charge in [0.25, 0.3) is 0 Å². The molecular weight excluding hydrogens is 388 g/mol. The molecule has 2 aromatic rings. The Morgan fingerprint density at radius 2 is 1.87 bits per heavy atom. The lowest BCUT2D eigenvalue weighted by molar-refractivity contribution is -0.139. The lowest BCUT2D eigenvalue weighted by Gasteiger charge is -2.22. The van der Waals surface area contributed by atoms with Gasteiger partial charge in [0.2, 0.25) is 0 Å². The summed E-state index contributed by atoms with van der Waals surface area (Å²) in [6.07, 6.45) is 4.04. The summed E-state index contributed by atoms with van der Waals surface area (Å²) in [5.41, 5.74) is 0.516. The van der Waals surface area contributed by atoms with E-state index >= 15 is 0 Å². The molecule has 0 saturated heterocycles. The molecule has 1 aliphatic rings. The minimum absolute atomic E-state index is 0.00119. The van der Waals surface area contributed by atoms with Crippen molar-refractivity contribution in [3.8, 4) is 0 Å². The molecule has 0 spiro atoms. The number of hydrogen-bond acceptors (Lipinski definition) is 5. The molecule has 1 atom stereocenters. The van der Waals surface area contributed by atoms with E-state index in [2.05, 4.69) is 5.32 Å². The Morgan fingerprint density at radius 3 is 2.50 bits per heavy atom. The molecule has 3 rings (SSSR count). The largest absolute Gasteiger partial charge is 0.480 e. The van der Waals surface area contributed by atoms with Gasteiger partial charge in [0.1, 0.15) is 17.7 Å². The molecule has 1 heterocycles. The number of amides is 1. The number of aliphatic carboxylic acids is 1. The Kier molecular flexibility index (Phi) is 6.34. The number of carboxylic acids is 1. The molecule has 8 heteroatoms. The zero-order chi connectivity index (χ0) is 21.9. The third kappa shape index (κ3) is 5.31. The summed E-state index contributed by atoms with van der Waals surface area (Å²) in [7, 11) is 0. The molecular formula is C22H28N2O6. The molecule has 1 fully saturated rings. The predicted octanol–water partition coefficient (Wildman–Crippen LogP) is 4.09. The second-order valence-electron chi connectivity index (χ2n) is 8.57. The number of carboxylic acid groups (broad SMARTS) is 1. The summed E-state index contributed by atoms with van der Waals surface area (Å²) in [6, 6.07) is 6.02. The van der Waals surface area contributed by atoms with Gasteiger partial charge >= 0.3 is 18.2 Å². The average Bonchev–Trinajstić information content (AvgIpc) is 3.27. The number of rotatable bonds is 5. The highest BCUT2D eigenvalue weighted by Gasteiger charge is 2.27. The van der Waals surface area contributed by atoms with Crippen molar-refractivity contribution >= 4 is 29.1 Å². The van der Waals surface area contributed by atoms with Crippen LogP contribution >= 0.6 is 0 Å². The SMILES string of the molecule is CC(C)(C)OC(=O)N[C@@H](Cc1cn(C(=O)OC2CCCC2)c2ccccc12)C(=O)O. The van der Waals surface area contributed by atoms with Crippen molar-refractivity contribution in [2.75, 3.05) is 0 Å². The number of ether oxygens (including phenoxy) is 2. The molecule has 1 aromatic carbocycles. The number of carbonyl (C=O) groups excluding carboxylic acids is 2. The van der Waals surface area contributed by atoms with Crippen LogP contribution in [0.3, 0.4) is 0 Å². The van der Waals surface area contributed by atoms with Crippen molar-refractivity contribution in [2.45, 2.75) is 70.6 Å². The Bertz CT molecular complexity index is 937. The Hall–Kier alpha value is -3.03. The molecule has 2 N–H and O–H groups in total. The van der Waals surface area contributed by atoms with Crippen molar-refractivity contribution in [2.24, 2.45) is 0 Å². The van der Waals surface area contributed by atoms with Crippen molar-refractivity contribution in [1.29, 1.82) is 0 Å². The third-order valence-corrected chi connectivity index (χ3v) is 4.97. The number of fused-ring (bicyclic) bond motifs is 1. The normalized spacial score (nSPS) is 15.7. The Balaban J connectivity index is 1.82. The molecule has 162 valence electrons. The minimum atomic E-state index is -1.20. The highest BCUT2D eigenvalue weighted by Crippen LogP contribution is 2.26. The number of alkyl carbamates (subject to hydrolysis) is 1. The zero-order valence-electron chi connectivity index (χ0n) is 17.5. The third-order valence-electron chi connectivity index (χ3n) is 4.97. The van der Waals surface area contributed by atoms with E-state index < -0.39 is 29.8 Å². The Labute approximate surface area is 175 Å². The van der Waals surface area contributed by atoms with Gasteiger partial charge < -0.3 is 19.9 Å². The molecule has 0 aliphatic heterocycles. The van der Waals surface area contributed by atoms with Crippen LogP contribution in [-0.2, 0) is 20.7 Å². The van der Waals surface area contributed by atoms with Crippen molar-refractivity contribution in [3.63, 3.8) is 0 Å². The van der Waals surface area contributed by atoms with Gasteiger partial charge in [0, 0.05) is 18.0 Å². The van der Waals surface area contributed by atoms with Crippen molar-refractivity contribution in [1.82, 2.24) is 9.88 Å². The molecule has 1 saturated carbocycles. The number of para-hydroxylation sites is 1. The van der Waals surface area contributed by atoms with Gasteiger partial charge in [-0.2, -0.15) is 0 Å². The number of aromatic nitrogens is 1. The van der Waals surface area contributed by atoms with Crippen LogP contribution in [0, 0.1) is 0 Å². The summed E-state index contributed by atoms with van der Waals surface area (Å²) in [4.78, 5) is 36.5. The van der Waals surface area contributed by atoms with Gasteiger partial charge in [-0.05, 0) is 58.1 Å². The van der Waals surface area contributed by atoms with E-state index in [1.165, 1.54) is 4.57 Å². The first kappa shape index (κ1) is 21.7. The second-order valence-corrected chi connectivity index (χ2v) is 8.57. The van der Waals surface area contributed by atoms with Crippen LogP contribution in [0.4, 0.5) is 9.59 Å². The lowest BCUT2D eigenvalue weighted by atomic mass is 10.1. The van der Waals surface area contributed by atoms with Crippen LogP contribution in [0.2, 0.25) is 0 Å². The van der Waals surface area contributed by atoms with Crippen LogP contribution < -0.4 is 5.32 Å². The molecule has 0 unspecified atom stereocenters. The maximum Gasteiger partial charge on any atom is 0.418 e. The number of nitrogens with zero attached hydrogens (tertiary/aromatic N) is 1. The van der Waals surface area contributed by atoms with Crippen molar-refractivity contribution < 1.29 is 29.0 Å². The maximum absolute atomic E-state index is 12.7. The topological polar surface area (TPSA) is 107 Å². The van der Waals surface area contributed by atoms with Gasteiger partial charge in [-0.1, -0.05) is 18.2 Å². The highest BCUT2D eigenvalue weighted by atomic mass is 16.6. The molecule has 0 bridgehead atoms. The number of benzene rings is 1. The van der Waals surface area contributed by atoms with Crippen LogP contribution in [0.25, 0.3) is 10.9 Å². The van der Waals surface area contributed by atoms with Crippen LogP contribution in [0.5, 0.6) is 0 Å². The van der Waals surface area contributed by atoms with Crippen LogP contribution in [0.1, 0.15) is 52.0 Å². The molecule has 1 aromatic heterocycles. The fraction of sp³-hybridized carbons (Fsp3) is 0.500. The van der Waals surface area contributed by atoms with Crippen LogP contribution in [0.15, 0.2) is 30.5 Å². The van der Waals surface area contributed by atoms with E-state index in [0.29, 0.717) is 11.1 Å². The van der Waals surface area contributed by atoms with E-state index in [9.17, 15) is 19.5 Å². The van der Waals surface area contributed by atoms with E-state index in [0.717, 1.165) is 31.1 Å². The zero-order valence-corrected chi connectivity index (χ0v) is 17.5. The van der Waals surface area contributed by atoms with Gasteiger partial charge in [0.05, 0.1) is 5.52 Å². The molecule has 30 heavy (non-hydrogen) atoms. The molecule has 0 radical (unpaired) electrons. The Morgan fingerprint density at radius 1 is 1.20 bits per heavy atom. The summed E-state index contributed by atoms with van der Waals surface area (Å²) in [5, 5.41) is 12.7. The second kappa shape index (κ2) is 8.77.